The Bertz CT molecular complexity index is 627. The van der Waals surface area contributed by atoms with E-state index in [4.69, 9.17) is 0 Å². The van der Waals surface area contributed by atoms with Crippen LogP contribution in [0.15, 0.2) is 29.2 Å². The first-order valence-corrected chi connectivity index (χ1v) is 9.02. The van der Waals surface area contributed by atoms with Gasteiger partial charge in [-0.05, 0) is 49.5 Å². The lowest BCUT2D eigenvalue weighted by atomic mass is 10.1. The number of hydrogen-bond donors (Lipinski definition) is 2. The molecule has 1 saturated heterocycles. The van der Waals surface area contributed by atoms with Crippen molar-refractivity contribution in [3.63, 3.8) is 0 Å². The molecule has 23 heavy (non-hydrogen) atoms. The molecule has 1 heterocycles. The van der Waals surface area contributed by atoms with E-state index in [1.54, 1.807) is 0 Å². The molecule has 8 heteroatoms. The zero-order chi connectivity index (χ0) is 16.9. The molecule has 0 aliphatic carbocycles. The van der Waals surface area contributed by atoms with Gasteiger partial charge in [0.05, 0.1) is 11.3 Å². The molecule has 1 unspecified atom stereocenters. The maximum Gasteiger partial charge on any atom is 0.341 e. The molecular weight excluding hydrogens is 326 g/mol. The maximum absolute atomic E-state index is 12.4. The number of hydrogen-bond acceptors (Lipinski definition) is 4. The minimum absolute atomic E-state index is 0.0952. The molecule has 0 aromatic heterocycles. The highest BCUT2D eigenvalue weighted by Crippen LogP contribution is 2.18. The summed E-state index contributed by atoms with van der Waals surface area (Å²) in [7, 11) is -4.59. The lowest BCUT2D eigenvalue weighted by Crippen LogP contribution is -2.27. The number of alkyl halides is 2. The first kappa shape index (κ1) is 17.8. The summed E-state index contributed by atoms with van der Waals surface area (Å²) >= 11 is 0. The molecule has 1 aromatic carbocycles. The molecule has 0 bridgehead atoms. The number of rotatable bonds is 7. The van der Waals surface area contributed by atoms with Crippen LogP contribution in [0.2, 0.25) is 0 Å². The van der Waals surface area contributed by atoms with E-state index in [0.717, 1.165) is 38.1 Å². The van der Waals surface area contributed by atoms with Crippen molar-refractivity contribution >= 4 is 15.7 Å². The van der Waals surface area contributed by atoms with Crippen LogP contribution >= 0.6 is 0 Å². The van der Waals surface area contributed by atoms with Crippen LogP contribution in [0.4, 0.5) is 8.78 Å². The predicted octanol–water partition coefficient (Wildman–Crippen LogP) is 1.34. The Morgan fingerprint density at radius 2 is 2.00 bits per heavy atom. The lowest BCUT2D eigenvalue weighted by molar-refractivity contribution is -0.120. The fourth-order valence-electron chi connectivity index (χ4n) is 2.52. The van der Waals surface area contributed by atoms with Gasteiger partial charge in [0, 0.05) is 6.54 Å². The number of benzene rings is 1. The van der Waals surface area contributed by atoms with Gasteiger partial charge in [0.2, 0.25) is 15.7 Å². The fourth-order valence-corrected chi connectivity index (χ4v) is 3.25. The van der Waals surface area contributed by atoms with Gasteiger partial charge >= 0.3 is 5.76 Å². The Balaban J connectivity index is 1.82. The van der Waals surface area contributed by atoms with Crippen LogP contribution in [0.1, 0.15) is 18.4 Å². The molecule has 1 amide bonds. The highest BCUT2D eigenvalue weighted by Gasteiger charge is 2.26. The fraction of sp³-hybridized carbons (Fsp3) is 0.533. The van der Waals surface area contributed by atoms with Crippen molar-refractivity contribution in [1.82, 2.24) is 10.6 Å². The smallest absolute Gasteiger partial charge is 0.341 e. The SMILES string of the molecule is O=C(Cc1ccc(S(=O)(=O)C(F)F)cc1)NCCC1CCNC1. The van der Waals surface area contributed by atoms with Gasteiger partial charge in [-0.2, -0.15) is 8.78 Å². The first-order valence-electron chi connectivity index (χ1n) is 7.48. The topological polar surface area (TPSA) is 75.3 Å². The number of amides is 1. The van der Waals surface area contributed by atoms with E-state index < -0.39 is 20.5 Å². The molecule has 0 radical (unpaired) electrons. The van der Waals surface area contributed by atoms with Crippen LogP contribution in [0, 0.1) is 5.92 Å². The summed E-state index contributed by atoms with van der Waals surface area (Å²) in [5, 5.41) is 6.08. The van der Waals surface area contributed by atoms with Gasteiger partial charge in [-0.1, -0.05) is 12.1 Å². The van der Waals surface area contributed by atoms with Crippen LogP contribution in [0.3, 0.4) is 0 Å². The zero-order valence-corrected chi connectivity index (χ0v) is 13.4. The summed E-state index contributed by atoms with van der Waals surface area (Å²) in [5.74, 6) is -3.02. The van der Waals surface area contributed by atoms with E-state index in [1.165, 1.54) is 12.1 Å². The third kappa shape index (κ3) is 4.97. The standard InChI is InChI=1S/C15H20F2N2O3S/c16-15(17)23(21,22)13-3-1-11(2-4-13)9-14(20)19-8-6-12-5-7-18-10-12/h1-4,12,15,18H,5-10H2,(H,19,20). The van der Waals surface area contributed by atoms with E-state index in [-0.39, 0.29) is 12.3 Å². The van der Waals surface area contributed by atoms with E-state index in [0.29, 0.717) is 18.0 Å². The summed E-state index contributed by atoms with van der Waals surface area (Å²) in [4.78, 5) is 11.4. The Hall–Kier alpha value is -1.54. The van der Waals surface area contributed by atoms with Crippen molar-refractivity contribution in [2.75, 3.05) is 19.6 Å². The molecule has 5 nitrogen and oxygen atoms in total. The van der Waals surface area contributed by atoms with Gasteiger partial charge in [-0.15, -0.1) is 0 Å². The molecule has 2 N–H and O–H groups in total. The van der Waals surface area contributed by atoms with Crippen molar-refractivity contribution in [2.24, 2.45) is 5.92 Å². The lowest BCUT2D eigenvalue weighted by Gasteiger charge is -2.09. The maximum atomic E-state index is 12.4. The van der Waals surface area contributed by atoms with E-state index in [9.17, 15) is 22.0 Å². The van der Waals surface area contributed by atoms with E-state index >= 15 is 0 Å². The monoisotopic (exact) mass is 346 g/mol. The highest BCUT2D eigenvalue weighted by molar-refractivity contribution is 7.91. The molecule has 1 aromatic rings. The van der Waals surface area contributed by atoms with Crippen LogP contribution in [-0.2, 0) is 21.1 Å². The normalized spacial score (nSPS) is 18.3. The minimum Gasteiger partial charge on any atom is -0.356 e. The van der Waals surface area contributed by atoms with Gasteiger partial charge in [-0.3, -0.25) is 4.79 Å². The van der Waals surface area contributed by atoms with Gasteiger partial charge in [0.15, 0.2) is 0 Å². The number of carbonyl (C=O) groups is 1. The summed E-state index contributed by atoms with van der Waals surface area (Å²) in [6.45, 7) is 2.60. The number of nitrogens with one attached hydrogen (secondary N) is 2. The largest absolute Gasteiger partial charge is 0.356 e. The average Bonchev–Trinajstić information content (AvgIpc) is 3.01. The van der Waals surface area contributed by atoms with Gasteiger partial charge in [-0.25, -0.2) is 8.42 Å². The summed E-state index contributed by atoms with van der Waals surface area (Å²) in [5.41, 5.74) is 0.582. The second-order valence-corrected chi connectivity index (χ2v) is 7.54. The predicted molar refractivity (Wildman–Crippen MR) is 81.9 cm³/mol. The van der Waals surface area contributed by atoms with Crippen LogP contribution < -0.4 is 10.6 Å². The van der Waals surface area contributed by atoms with E-state index in [1.807, 2.05) is 0 Å². The molecule has 2 rings (SSSR count). The summed E-state index contributed by atoms with van der Waals surface area (Å²) in [6, 6.07) is 4.98. The number of sulfone groups is 1. The van der Waals surface area contributed by atoms with Crippen molar-refractivity contribution in [3.8, 4) is 0 Å². The molecule has 1 aliphatic heterocycles. The van der Waals surface area contributed by atoms with Crippen molar-refractivity contribution in [3.05, 3.63) is 29.8 Å². The average molecular weight is 346 g/mol. The molecule has 1 atom stereocenters. The quantitative estimate of drug-likeness (QED) is 0.781. The van der Waals surface area contributed by atoms with Crippen LogP contribution in [0.25, 0.3) is 0 Å². The van der Waals surface area contributed by atoms with Crippen LogP contribution in [-0.4, -0.2) is 39.7 Å². The van der Waals surface area contributed by atoms with Crippen molar-refractivity contribution in [1.29, 1.82) is 0 Å². The van der Waals surface area contributed by atoms with Gasteiger partial charge in [0.25, 0.3) is 0 Å². The van der Waals surface area contributed by atoms with E-state index in [2.05, 4.69) is 10.6 Å². The third-order valence-electron chi connectivity index (χ3n) is 3.89. The minimum atomic E-state index is -4.59. The second kappa shape index (κ2) is 7.83. The second-order valence-electron chi connectivity index (χ2n) is 5.62. The van der Waals surface area contributed by atoms with Gasteiger partial charge in [0.1, 0.15) is 0 Å². The number of halogens is 2. The van der Waals surface area contributed by atoms with Crippen molar-refractivity contribution < 1.29 is 22.0 Å². The van der Waals surface area contributed by atoms with Crippen molar-refractivity contribution in [2.45, 2.75) is 29.9 Å². The third-order valence-corrected chi connectivity index (χ3v) is 5.29. The molecule has 0 spiro atoms. The highest BCUT2D eigenvalue weighted by atomic mass is 32.2. The summed E-state index contributed by atoms with van der Waals surface area (Å²) in [6.07, 6.45) is 2.14. The molecular formula is C15H20F2N2O3S. The molecule has 0 saturated carbocycles. The Labute approximate surface area is 134 Å². The Morgan fingerprint density at radius 3 is 2.57 bits per heavy atom. The van der Waals surface area contributed by atoms with Crippen LogP contribution in [0.5, 0.6) is 0 Å². The zero-order valence-electron chi connectivity index (χ0n) is 12.6. The Morgan fingerprint density at radius 1 is 1.30 bits per heavy atom. The molecule has 1 aliphatic rings. The molecule has 128 valence electrons. The summed E-state index contributed by atoms with van der Waals surface area (Å²) < 4.78 is 47.4. The molecule has 1 fully saturated rings. The Kier molecular flexibility index (Phi) is 6.06. The van der Waals surface area contributed by atoms with Gasteiger partial charge < -0.3 is 10.6 Å². The number of carbonyl (C=O) groups excluding carboxylic acids is 1. The first-order chi connectivity index (χ1) is 10.9.